The Morgan fingerprint density at radius 2 is 2.43 bits per heavy atom. The zero-order valence-electron chi connectivity index (χ0n) is 8.16. The van der Waals surface area contributed by atoms with Crippen molar-refractivity contribution in [3.63, 3.8) is 0 Å². The molecular weight excluding hydrogens is 246 g/mol. The van der Waals surface area contributed by atoms with Gasteiger partial charge in [0.2, 0.25) is 0 Å². The van der Waals surface area contributed by atoms with Crippen molar-refractivity contribution in [2.75, 3.05) is 6.61 Å². The van der Waals surface area contributed by atoms with Gasteiger partial charge in [0.25, 0.3) is 0 Å². The van der Waals surface area contributed by atoms with Crippen LogP contribution in [0, 0.1) is 0 Å². The summed E-state index contributed by atoms with van der Waals surface area (Å²) < 4.78 is 5.65. The number of hydrogen-bond donors (Lipinski definition) is 0. The summed E-state index contributed by atoms with van der Waals surface area (Å²) in [5.74, 6) is -0.445. The van der Waals surface area contributed by atoms with E-state index in [0.717, 1.165) is 10.2 Å². The number of aromatic nitrogens is 1. The smallest absolute Gasteiger partial charge is 0.313 e. The number of ether oxygens (including phenoxy) is 1. The Morgan fingerprint density at radius 3 is 3.00 bits per heavy atom. The highest BCUT2D eigenvalue weighted by Gasteiger charge is 2.16. The van der Waals surface area contributed by atoms with Crippen molar-refractivity contribution >= 4 is 21.9 Å². The Morgan fingerprint density at radius 1 is 1.71 bits per heavy atom. The Labute approximate surface area is 91.6 Å². The Balaban J connectivity index is 2.78. The molecule has 0 aliphatic heterocycles. The second-order valence-electron chi connectivity index (χ2n) is 2.89. The second-order valence-corrected chi connectivity index (χ2v) is 3.70. The van der Waals surface area contributed by atoms with Gasteiger partial charge in [-0.15, -0.1) is 0 Å². The molecule has 0 aromatic carbocycles. The molecule has 0 aliphatic carbocycles. The summed E-state index contributed by atoms with van der Waals surface area (Å²) in [5, 5.41) is 0. The highest BCUT2D eigenvalue weighted by Crippen LogP contribution is 2.18. The molecule has 1 heterocycles. The van der Waals surface area contributed by atoms with Crippen molar-refractivity contribution in [1.29, 1.82) is 0 Å². The monoisotopic (exact) mass is 257 g/mol. The van der Waals surface area contributed by atoms with Gasteiger partial charge in [-0.25, -0.2) is 4.98 Å². The summed E-state index contributed by atoms with van der Waals surface area (Å²) in [6, 6.07) is 3.63. The molecule has 76 valence electrons. The van der Waals surface area contributed by atoms with Crippen LogP contribution in [0.2, 0.25) is 0 Å². The highest BCUT2D eigenvalue weighted by atomic mass is 79.9. The van der Waals surface area contributed by atoms with E-state index in [0.29, 0.717) is 6.61 Å². The van der Waals surface area contributed by atoms with Crippen molar-refractivity contribution in [3.05, 3.63) is 28.5 Å². The number of nitrogens with zero attached hydrogens (tertiary/aromatic N) is 1. The van der Waals surface area contributed by atoms with Crippen LogP contribution < -0.4 is 0 Å². The van der Waals surface area contributed by atoms with E-state index >= 15 is 0 Å². The number of pyridine rings is 1. The van der Waals surface area contributed by atoms with Crippen LogP contribution in [0.5, 0.6) is 0 Å². The van der Waals surface area contributed by atoms with Gasteiger partial charge < -0.3 is 4.74 Å². The lowest BCUT2D eigenvalue weighted by atomic mass is 10.0. The van der Waals surface area contributed by atoms with Crippen LogP contribution in [0.15, 0.2) is 22.9 Å². The standard InChI is InChI=1S/C10H12BrNO2/c1-3-14-10(13)7(2)8-4-5-12-9(11)6-8/h4-7H,3H2,1-2H3. The zero-order valence-corrected chi connectivity index (χ0v) is 9.74. The largest absolute Gasteiger partial charge is 0.466 e. The maximum absolute atomic E-state index is 11.4. The molecule has 3 nitrogen and oxygen atoms in total. The van der Waals surface area contributed by atoms with E-state index in [-0.39, 0.29) is 11.9 Å². The third kappa shape index (κ3) is 2.80. The molecule has 0 N–H and O–H groups in total. The highest BCUT2D eigenvalue weighted by molar-refractivity contribution is 9.10. The molecule has 0 fully saturated rings. The second kappa shape index (κ2) is 5.10. The normalized spacial score (nSPS) is 12.2. The van der Waals surface area contributed by atoms with Crippen molar-refractivity contribution in [3.8, 4) is 0 Å². The lowest BCUT2D eigenvalue weighted by Gasteiger charge is -2.10. The van der Waals surface area contributed by atoms with Gasteiger partial charge in [0.1, 0.15) is 4.60 Å². The first-order valence-electron chi connectivity index (χ1n) is 4.43. The van der Waals surface area contributed by atoms with E-state index < -0.39 is 0 Å². The van der Waals surface area contributed by atoms with Crippen molar-refractivity contribution in [1.82, 2.24) is 4.98 Å². The molecule has 1 unspecified atom stereocenters. The number of halogens is 1. The number of hydrogen-bond acceptors (Lipinski definition) is 3. The van der Waals surface area contributed by atoms with E-state index in [1.807, 2.05) is 19.1 Å². The molecule has 0 saturated carbocycles. The fourth-order valence-electron chi connectivity index (χ4n) is 1.09. The lowest BCUT2D eigenvalue weighted by Crippen LogP contribution is -2.12. The van der Waals surface area contributed by atoms with E-state index in [2.05, 4.69) is 20.9 Å². The predicted molar refractivity (Wildman–Crippen MR) is 57.0 cm³/mol. The molecule has 0 amide bonds. The number of rotatable bonds is 3. The molecule has 0 aliphatic rings. The third-order valence-electron chi connectivity index (χ3n) is 1.89. The van der Waals surface area contributed by atoms with Gasteiger partial charge in [-0.1, -0.05) is 0 Å². The summed E-state index contributed by atoms with van der Waals surface area (Å²) in [6.45, 7) is 4.03. The van der Waals surface area contributed by atoms with Crippen LogP contribution in [-0.2, 0) is 9.53 Å². The molecule has 4 heteroatoms. The first-order chi connectivity index (χ1) is 6.65. The van der Waals surface area contributed by atoms with Crippen LogP contribution in [0.3, 0.4) is 0 Å². The minimum atomic E-state index is -0.241. The van der Waals surface area contributed by atoms with Gasteiger partial charge in [0, 0.05) is 6.20 Å². The molecule has 1 atom stereocenters. The van der Waals surface area contributed by atoms with E-state index in [4.69, 9.17) is 4.74 Å². The first kappa shape index (κ1) is 11.2. The topological polar surface area (TPSA) is 39.2 Å². The minimum Gasteiger partial charge on any atom is -0.466 e. The molecular formula is C10H12BrNO2. The van der Waals surface area contributed by atoms with Gasteiger partial charge in [0.15, 0.2) is 0 Å². The Bertz CT molecular complexity index is 328. The third-order valence-corrected chi connectivity index (χ3v) is 2.32. The summed E-state index contributed by atoms with van der Waals surface area (Å²) in [4.78, 5) is 15.4. The number of esters is 1. The average Bonchev–Trinajstić information content (AvgIpc) is 2.17. The molecule has 14 heavy (non-hydrogen) atoms. The van der Waals surface area contributed by atoms with Crippen molar-refractivity contribution < 1.29 is 9.53 Å². The Hall–Kier alpha value is -0.900. The molecule has 0 saturated heterocycles. The molecule has 0 spiro atoms. The lowest BCUT2D eigenvalue weighted by molar-refractivity contribution is -0.144. The van der Waals surface area contributed by atoms with Crippen LogP contribution in [0.25, 0.3) is 0 Å². The van der Waals surface area contributed by atoms with Crippen molar-refractivity contribution in [2.45, 2.75) is 19.8 Å². The van der Waals surface area contributed by atoms with Crippen LogP contribution in [0.4, 0.5) is 0 Å². The quantitative estimate of drug-likeness (QED) is 0.617. The molecule has 0 bridgehead atoms. The van der Waals surface area contributed by atoms with Crippen LogP contribution in [-0.4, -0.2) is 17.6 Å². The van der Waals surface area contributed by atoms with E-state index in [1.54, 1.807) is 13.1 Å². The fraction of sp³-hybridized carbons (Fsp3) is 0.400. The zero-order chi connectivity index (χ0) is 10.6. The maximum Gasteiger partial charge on any atom is 0.313 e. The van der Waals surface area contributed by atoms with Crippen molar-refractivity contribution in [2.24, 2.45) is 0 Å². The summed E-state index contributed by atoms with van der Waals surface area (Å²) in [6.07, 6.45) is 1.66. The number of carbonyl (C=O) groups is 1. The predicted octanol–water partition coefficient (Wildman–Crippen LogP) is 2.51. The fourth-order valence-corrected chi connectivity index (χ4v) is 1.47. The van der Waals surface area contributed by atoms with Crippen LogP contribution >= 0.6 is 15.9 Å². The Kier molecular flexibility index (Phi) is 4.07. The van der Waals surface area contributed by atoms with Gasteiger partial charge >= 0.3 is 5.97 Å². The number of carbonyl (C=O) groups excluding carboxylic acids is 1. The van der Waals surface area contributed by atoms with Gasteiger partial charge in [-0.2, -0.15) is 0 Å². The van der Waals surface area contributed by atoms with E-state index in [9.17, 15) is 4.79 Å². The molecule has 1 aromatic rings. The molecule has 1 aromatic heterocycles. The summed E-state index contributed by atoms with van der Waals surface area (Å²) >= 11 is 3.26. The first-order valence-corrected chi connectivity index (χ1v) is 5.22. The molecule has 1 rings (SSSR count). The van der Waals surface area contributed by atoms with Crippen LogP contribution in [0.1, 0.15) is 25.3 Å². The minimum absolute atomic E-state index is 0.203. The van der Waals surface area contributed by atoms with Gasteiger partial charge in [0.05, 0.1) is 12.5 Å². The van der Waals surface area contributed by atoms with E-state index in [1.165, 1.54) is 0 Å². The summed E-state index contributed by atoms with van der Waals surface area (Å²) in [5.41, 5.74) is 0.908. The van der Waals surface area contributed by atoms with Gasteiger partial charge in [-0.05, 0) is 47.5 Å². The van der Waals surface area contributed by atoms with Gasteiger partial charge in [-0.3, -0.25) is 4.79 Å². The maximum atomic E-state index is 11.4. The average molecular weight is 258 g/mol. The summed E-state index contributed by atoms with van der Waals surface area (Å²) in [7, 11) is 0. The SMILES string of the molecule is CCOC(=O)C(C)c1ccnc(Br)c1. The molecule has 0 radical (unpaired) electrons.